The van der Waals surface area contributed by atoms with Gasteiger partial charge in [-0.15, -0.1) is 0 Å². The van der Waals surface area contributed by atoms with E-state index in [0.717, 1.165) is 37.8 Å². The van der Waals surface area contributed by atoms with Gasteiger partial charge in [0, 0.05) is 23.4 Å². The monoisotopic (exact) mass is 357 g/mol. The Bertz CT molecular complexity index is 800. The molecule has 140 valence electrons. The molecule has 3 N–H and O–H groups in total. The van der Waals surface area contributed by atoms with Crippen LogP contribution in [0.25, 0.3) is 5.69 Å². The van der Waals surface area contributed by atoms with Crippen LogP contribution in [-0.4, -0.2) is 32.9 Å². The summed E-state index contributed by atoms with van der Waals surface area (Å²) in [5, 5.41) is 15.6. The number of carbonyl (C=O) groups excluding carboxylic acids is 1. The summed E-state index contributed by atoms with van der Waals surface area (Å²) in [6.07, 6.45) is 3.94. The molecule has 2 aromatic rings. The number of hydrogen-bond acceptors (Lipinski definition) is 3. The molecule has 0 unspecified atom stereocenters. The minimum atomic E-state index is -0.220. The molecule has 0 saturated heterocycles. The third-order valence-corrected chi connectivity index (χ3v) is 5.16. The van der Waals surface area contributed by atoms with Crippen LogP contribution in [-0.2, 0) is 6.42 Å². The lowest BCUT2D eigenvalue weighted by molar-refractivity contribution is 0.0232. The van der Waals surface area contributed by atoms with Gasteiger partial charge < -0.3 is 10.4 Å². The zero-order valence-electron chi connectivity index (χ0n) is 15.4. The predicted octanol–water partition coefficient (Wildman–Crippen LogP) is 2.40. The van der Waals surface area contributed by atoms with Crippen molar-refractivity contribution in [2.45, 2.75) is 58.1 Å². The second-order valence-electron chi connectivity index (χ2n) is 7.13. The van der Waals surface area contributed by atoms with Gasteiger partial charge in [0.05, 0.1) is 11.8 Å². The molecule has 1 amide bonds. The van der Waals surface area contributed by atoms with Crippen molar-refractivity contribution in [2.24, 2.45) is 5.92 Å². The van der Waals surface area contributed by atoms with Gasteiger partial charge in [-0.2, -0.15) is 0 Å². The number of amides is 1. The first-order chi connectivity index (χ1) is 12.5. The van der Waals surface area contributed by atoms with Crippen LogP contribution < -0.4 is 10.9 Å². The maximum absolute atomic E-state index is 12.5. The van der Waals surface area contributed by atoms with Crippen LogP contribution in [0.5, 0.6) is 0 Å². The summed E-state index contributed by atoms with van der Waals surface area (Å²) in [6.45, 7) is 4.11. The number of aliphatic hydroxyl groups is 1. The first-order valence-electron chi connectivity index (χ1n) is 9.42. The van der Waals surface area contributed by atoms with Crippen molar-refractivity contribution < 1.29 is 9.90 Å². The molecular weight excluding hydrogens is 330 g/mol. The highest BCUT2D eigenvalue weighted by molar-refractivity contribution is 5.94. The van der Waals surface area contributed by atoms with Crippen LogP contribution in [0, 0.1) is 5.92 Å². The lowest BCUT2D eigenvalue weighted by Crippen LogP contribution is -2.46. The fourth-order valence-corrected chi connectivity index (χ4v) is 3.56. The summed E-state index contributed by atoms with van der Waals surface area (Å²) < 4.78 is 1.50. The quantitative estimate of drug-likeness (QED) is 0.711. The van der Waals surface area contributed by atoms with Crippen LogP contribution in [0.1, 0.15) is 55.6 Å². The SMILES string of the molecule is CCCc1cc(=O)n(-c2ccc(C(=O)N[C@@H](CC)C3CC(O)C3)cc2)[nH]1. The number of nitrogens with one attached hydrogen (secondary N) is 2. The van der Waals surface area contributed by atoms with Crippen LogP contribution in [0.15, 0.2) is 35.1 Å². The van der Waals surface area contributed by atoms with E-state index in [2.05, 4.69) is 17.3 Å². The van der Waals surface area contributed by atoms with Crippen LogP contribution in [0.2, 0.25) is 0 Å². The highest BCUT2D eigenvalue weighted by Crippen LogP contribution is 2.31. The summed E-state index contributed by atoms with van der Waals surface area (Å²) in [7, 11) is 0. The minimum absolute atomic E-state index is 0.0909. The number of aromatic amines is 1. The Labute approximate surface area is 153 Å². The number of hydrogen-bond donors (Lipinski definition) is 3. The largest absolute Gasteiger partial charge is 0.393 e. The lowest BCUT2D eigenvalue weighted by Gasteiger charge is -2.37. The van der Waals surface area contributed by atoms with Crippen molar-refractivity contribution in [3.8, 4) is 5.69 Å². The average molecular weight is 357 g/mol. The van der Waals surface area contributed by atoms with E-state index in [1.165, 1.54) is 4.68 Å². The maximum atomic E-state index is 12.5. The molecule has 1 aliphatic carbocycles. The van der Waals surface area contributed by atoms with E-state index >= 15 is 0 Å². The number of rotatable bonds is 7. The predicted molar refractivity (Wildman–Crippen MR) is 101 cm³/mol. The smallest absolute Gasteiger partial charge is 0.271 e. The number of aromatic nitrogens is 2. The van der Waals surface area contributed by atoms with Crippen molar-refractivity contribution >= 4 is 5.91 Å². The van der Waals surface area contributed by atoms with Crippen LogP contribution in [0.4, 0.5) is 0 Å². The van der Waals surface area contributed by atoms with Crippen LogP contribution >= 0.6 is 0 Å². The van der Waals surface area contributed by atoms with E-state index in [1.54, 1.807) is 30.3 Å². The third-order valence-electron chi connectivity index (χ3n) is 5.16. The summed E-state index contributed by atoms with van der Waals surface area (Å²) in [5.74, 6) is 0.239. The fraction of sp³-hybridized carbons (Fsp3) is 0.500. The topological polar surface area (TPSA) is 87.1 Å². The molecule has 1 aromatic heterocycles. The number of benzene rings is 1. The first-order valence-corrected chi connectivity index (χ1v) is 9.42. The van der Waals surface area contributed by atoms with Crippen molar-refractivity contribution in [2.75, 3.05) is 0 Å². The van der Waals surface area contributed by atoms with E-state index in [4.69, 9.17) is 0 Å². The molecule has 6 heteroatoms. The molecule has 0 aliphatic heterocycles. The molecule has 26 heavy (non-hydrogen) atoms. The minimum Gasteiger partial charge on any atom is -0.393 e. The lowest BCUT2D eigenvalue weighted by atomic mass is 9.76. The molecule has 0 spiro atoms. The Hall–Kier alpha value is -2.34. The van der Waals surface area contributed by atoms with Crippen molar-refractivity contribution in [3.63, 3.8) is 0 Å². The number of carbonyl (C=O) groups is 1. The van der Waals surface area contributed by atoms with E-state index in [9.17, 15) is 14.7 Å². The molecule has 1 fully saturated rings. The molecule has 1 aromatic carbocycles. The Morgan fingerprint density at radius 2 is 2.00 bits per heavy atom. The molecule has 1 atom stereocenters. The van der Waals surface area contributed by atoms with E-state index in [-0.39, 0.29) is 23.6 Å². The average Bonchev–Trinajstić information content (AvgIpc) is 2.98. The fourth-order valence-electron chi connectivity index (χ4n) is 3.56. The normalized spacial score (nSPS) is 20.4. The van der Waals surface area contributed by atoms with Crippen molar-refractivity contribution in [1.29, 1.82) is 0 Å². The molecule has 0 radical (unpaired) electrons. The zero-order valence-corrected chi connectivity index (χ0v) is 15.4. The molecule has 3 rings (SSSR count). The van der Waals surface area contributed by atoms with Gasteiger partial charge in [-0.25, -0.2) is 4.68 Å². The molecule has 1 saturated carbocycles. The first kappa shape index (κ1) is 18.5. The Morgan fingerprint density at radius 1 is 1.31 bits per heavy atom. The van der Waals surface area contributed by atoms with Crippen molar-refractivity contribution in [3.05, 3.63) is 51.9 Å². The molecule has 1 heterocycles. The van der Waals surface area contributed by atoms with E-state index < -0.39 is 0 Å². The van der Waals surface area contributed by atoms with Gasteiger partial charge in [-0.05, 0) is 55.9 Å². The zero-order chi connectivity index (χ0) is 18.7. The van der Waals surface area contributed by atoms with Gasteiger partial charge in [0.1, 0.15) is 0 Å². The van der Waals surface area contributed by atoms with Gasteiger partial charge in [0.2, 0.25) is 0 Å². The van der Waals surface area contributed by atoms with Gasteiger partial charge in [-0.1, -0.05) is 20.3 Å². The van der Waals surface area contributed by atoms with Crippen LogP contribution in [0.3, 0.4) is 0 Å². The van der Waals surface area contributed by atoms with E-state index in [0.29, 0.717) is 17.2 Å². The number of aliphatic hydroxyl groups excluding tert-OH is 1. The second kappa shape index (κ2) is 7.91. The summed E-state index contributed by atoms with van der Waals surface area (Å²) in [5.41, 5.74) is 2.09. The van der Waals surface area contributed by atoms with Crippen molar-refractivity contribution in [1.82, 2.24) is 15.1 Å². The van der Waals surface area contributed by atoms with Gasteiger partial charge in [0.15, 0.2) is 0 Å². The Balaban J connectivity index is 1.69. The number of nitrogens with zero attached hydrogens (tertiary/aromatic N) is 1. The van der Waals surface area contributed by atoms with Gasteiger partial charge >= 0.3 is 0 Å². The standard InChI is InChI=1S/C20H27N3O3/c1-3-5-15-12-19(25)23(22-15)16-8-6-13(7-9-16)20(26)21-18(4-2)14-10-17(24)11-14/h6-9,12,14,17-18,22,24H,3-5,10-11H2,1-2H3,(H,21,26)/t14?,17?,18-/m0/s1. The summed E-state index contributed by atoms with van der Waals surface area (Å²) in [4.78, 5) is 24.6. The Morgan fingerprint density at radius 3 is 2.58 bits per heavy atom. The highest BCUT2D eigenvalue weighted by atomic mass is 16.3. The molecule has 1 aliphatic rings. The number of aryl methyl sites for hydroxylation is 1. The van der Waals surface area contributed by atoms with E-state index in [1.807, 2.05) is 6.92 Å². The maximum Gasteiger partial charge on any atom is 0.271 e. The third kappa shape index (κ3) is 3.90. The Kier molecular flexibility index (Phi) is 5.61. The second-order valence-corrected chi connectivity index (χ2v) is 7.13. The van der Waals surface area contributed by atoms with Gasteiger partial charge in [-0.3, -0.25) is 14.7 Å². The molecular formula is C20H27N3O3. The molecule has 0 bridgehead atoms. The number of H-pyrrole nitrogens is 1. The highest BCUT2D eigenvalue weighted by Gasteiger charge is 2.33. The molecule has 6 nitrogen and oxygen atoms in total. The summed E-state index contributed by atoms with van der Waals surface area (Å²) in [6, 6.07) is 8.73. The summed E-state index contributed by atoms with van der Waals surface area (Å²) >= 11 is 0. The van der Waals surface area contributed by atoms with Gasteiger partial charge in [0.25, 0.3) is 11.5 Å².